The van der Waals surface area contributed by atoms with Crippen LogP contribution in [0.3, 0.4) is 0 Å². The average Bonchev–Trinajstić information content (AvgIpc) is 2.01. The quantitative estimate of drug-likeness (QED) is 0.408. The minimum Gasteiger partial charge on any atom is -0.420 e. The topological polar surface area (TPSA) is 26.3 Å². The van der Waals surface area contributed by atoms with Crippen LogP contribution < -0.4 is 9.22 Å². The van der Waals surface area contributed by atoms with E-state index >= 15 is 0 Å². The Kier molecular flexibility index (Phi) is 2.91. The van der Waals surface area contributed by atoms with Crippen LogP contribution in [0.5, 0.6) is 5.75 Å². The molecule has 0 atom stereocenters. The summed E-state index contributed by atoms with van der Waals surface area (Å²) in [5, 5.41) is 0. The number of rotatable bonds is 2. The molecule has 0 bridgehead atoms. The van der Waals surface area contributed by atoms with Crippen LogP contribution in [0.25, 0.3) is 0 Å². The number of quaternary nitrogens is 1. The van der Waals surface area contributed by atoms with Gasteiger partial charge in [0.05, 0.1) is 21.1 Å². The molecule has 1 aromatic rings. The summed E-state index contributed by atoms with van der Waals surface area (Å²) in [6.07, 6.45) is 0. The van der Waals surface area contributed by atoms with Gasteiger partial charge in [-0.3, -0.25) is 9.28 Å². The molecule has 1 aromatic carbocycles. The first-order valence-corrected chi connectivity index (χ1v) is 4.50. The number of ether oxygens (including phenoxy) is 1. The van der Waals surface area contributed by atoms with Crippen LogP contribution in [-0.4, -0.2) is 27.1 Å². The average molecular weight is 194 g/mol. The van der Waals surface area contributed by atoms with E-state index in [1.807, 2.05) is 39.3 Å². The van der Waals surface area contributed by atoms with Crippen molar-refractivity contribution < 1.29 is 9.53 Å². The zero-order valence-electron chi connectivity index (χ0n) is 9.07. The van der Waals surface area contributed by atoms with Crippen molar-refractivity contribution in [1.82, 2.24) is 4.48 Å². The van der Waals surface area contributed by atoms with Gasteiger partial charge in [-0.05, 0) is 6.07 Å². The second kappa shape index (κ2) is 3.80. The first-order chi connectivity index (χ1) is 6.41. The molecule has 0 unspecified atom stereocenters. The molecule has 3 nitrogen and oxygen atoms in total. The normalized spacial score (nSPS) is 11.1. The van der Waals surface area contributed by atoms with Crippen LogP contribution in [0.15, 0.2) is 24.3 Å². The zero-order chi connectivity index (χ0) is 10.8. The first kappa shape index (κ1) is 10.7. The molecular formula is C11H16NO2+. The number of hydrogen-bond donors (Lipinski definition) is 0. The summed E-state index contributed by atoms with van der Waals surface area (Å²) in [5.41, 5.74) is 0.989. The summed E-state index contributed by atoms with van der Waals surface area (Å²) in [6.45, 7) is 1.41. The molecular weight excluding hydrogens is 178 g/mol. The van der Waals surface area contributed by atoms with E-state index in [1.165, 1.54) is 6.92 Å². The Morgan fingerprint density at radius 1 is 1.21 bits per heavy atom. The molecule has 0 spiro atoms. The van der Waals surface area contributed by atoms with E-state index in [-0.39, 0.29) is 5.97 Å². The van der Waals surface area contributed by atoms with E-state index in [2.05, 4.69) is 0 Å². The van der Waals surface area contributed by atoms with Crippen molar-refractivity contribution in [2.24, 2.45) is 0 Å². The van der Waals surface area contributed by atoms with Gasteiger partial charge in [0, 0.05) is 13.0 Å². The van der Waals surface area contributed by atoms with Crippen molar-refractivity contribution in [3.05, 3.63) is 24.3 Å². The van der Waals surface area contributed by atoms with Crippen molar-refractivity contribution in [3.63, 3.8) is 0 Å². The van der Waals surface area contributed by atoms with E-state index in [0.29, 0.717) is 10.2 Å². The fourth-order valence-corrected chi connectivity index (χ4v) is 1.25. The summed E-state index contributed by atoms with van der Waals surface area (Å²) >= 11 is 0. The molecule has 0 saturated heterocycles. The Hall–Kier alpha value is -1.35. The van der Waals surface area contributed by atoms with Crippen molar-refractivity contribution in [3.8, 4) is 5.75 Å². The molecule has 3 heteroatoms. The Bertz CT molecular complexity index is 339. The number of nitrogens with zero attached hydrogens (tertiary/aromatic N) is 1. The molecule has 0 aromatic heterocycles. The molecule has 0 aliphatic carbocycles. The smallest absolute Gasteiger partial charge is 0.308 e. The van der Waals surface area contributed by atoms with Gasteiger partial charge in [0.2, 0.25) is 0 Å². The van der Waals surface area contributed by atoms with Crippen LogP contribution in [0, 0.1) is 0 Å². The number of para-hydroxylation sites is 2. The summed E-state index contributed by atoms with van der Waals surface area (Å²) in [4.78, 5) is 10.9. The Balaban J connectivity index is 3.10. The van der Waals surface area contributed by atoms with Gasteiger partial charge in [-0.1, -0.05) is 12.1 Å². The fourth-order valence-electron chi connectivity index (χ4n) is 1.25. The maximum atomic E-state index is 10.9. The molecule has 0 aliphatic rings. The molecule has 0 radical (unpaired) electrons. The molecule has 14 heavy (non-hydrogen) atoms. The molecule has 0 saturated carbocycles. The molecule has 1 rings (SSSR count). The minimum atomic E-state index is -0.286. The van der Waals surface area contributed by atoms with E-state index in [0.717, 1.165) is 5.69 Å². The van der Waals surface area contributed by atoms with Gasteiger partial charge in [0.1, 0.15) is 0 Å². The number of esters is 1. The Morgan fingerprint density at radius 2 is 1.79 bits per heavy atom. The summed E-state index contributed by atoms with van der Waals surface area (Å²) in [5.74, 6) is 0.346. The lowest BCUT2D eigenvalue weighted by atomic mass is 10.2. The first-order valence-electron chi connectivity index (χ1n) is 4.50. The second-order valence-electron chi connectivity index (χ2n) is 4.07. The van der Waals surface area contributed by atoms with E-state index < -0.39 is 0 Å². The highest BCUT2D eigenvalue weighted by Gasteiger charge is 2.18. The number of carbonyl (C=O) groups is 1. The van der Waals surface area contributed by atoms with Crippen LogP contribution in [0.1, 0.15) is 6.92 Å². The number of hydrogen-bond acceptors (Lipinski definition) is 2. The monoisotopic (exact) mass is 194 g/mol. The maximum Gasteiger partial charge on any atom is 0.308 e. The van der Waals surface area contributed by atoms with Crippen molar-refractivity contribution in [2.75, 3.05) is 21.1 Å². The fraction of sp³-hybridized carbons (Fsp3) is 0.364. The lowest BCUT2D eigenvalue weighted by Gasteiger charge is -2.24. The molecule has 76 valence electrons. The second-order valence-corrected chi connectivity index (χ2v) is 4.07. The lowest BCUT2D eigenvalue weighted by molar-refractivity contribution is -0.131. The summed E-state index contributed by atoms with van der Waals surface area (Å²) in [7, 11) is 6.09. The van der Waals surface area contributed by atoms with Crippen molar-refractivity contribution >= 4 is 11.7 Å². The Labute approximate surface area is 84.5 Å². The highest BCUT2D eigenvalue weighted by atomic mass is 16.5. The van der Waals surface area contributed by atoms with Gasteiger partial charge >= 0.3 is 5.97 Å². The van der Waals surface area contributed by atoms with Crippen LogP contribution in [0.4, 0.5) is 5.69 Å². The predicted octanol–water partition coefficient (Wildman–Crippen LogP) is 1.81. The molecule has 0 fully saturated rings. The summed E-state index contributed by atoms with van der Waals surface area (Å²) < 4.78 is 5.75. The van der Waals surface area contributed by atoms with Crippen molar-refractivity contribution in [2.45, 2.75) is 6.92 Å². The molecule has 0 N–H and O–H groups in total. The zero-order valence-corrected chi connectivity index (χ0v) is 9.07. The van der Waals surface area contributed by atoms with Gasteiger partial charge in [-0.2, -0.15) is 0 Å². The lowest BCUT2D eigenvalue weighted by Crippen LogP contribution is -2.35. The van der Waals surface area contributed by atoms with Crippen molar-refractivity contribution in [1.29, 1.82) is 0 Å². The highest BCUT2D eigenvalue weighted by molar-refractivity contribution is 5.72. The SMILES string of the molecule is CC(=O)Oc1ccccc1[N+](C)(C)C. The standard InChI is InChI=1S/C11H16NO2/c1-9(13)14-11-8-6-5-7-10(11)12(2,3)4/h5-8H,1-4H3/q+1. The van der Waals surface area contributed by atoms with Crippen LogP contribution in [0.2, 0.25) is 0 Å². The summed E-state index contributed by atoms with van der Waals surface area (Å²) in [6, 6.07) is 7.56. The number of carbonyl (C=O) groups excluding carboxylic acids is 1. The van der Waals surface area contributed by atoms with Crippen LogP contribution >= 0.6 is 0 Å². The van der Waals surface area contributed by atoms with E-state index in [1.54, 1.807) is 6.07 Å². The maximum absolute atomic E-state index is 10.9. The third-order valence-electron chi connectivity index (χ3n) is 1.84. The van der Waals surface area contributed by atoms with Gasteiger partial charge in [-0.15, -0.1) is 0 Å². The largest absolute Gasteiger partial charge is 0.420 e. The molecule has 0 amide bonds. The van der Waals surface area contributed by atoms with Gasteiger partial charge in [-0.25, -0.2) is 0 Å². The van der Waals surface area contributed by atoms with Gasteiger partial charge in [0.15, 0.2) is 11.4 Å². The third kappa shape index (κ3) is 2.57. The van der Waals surface area contributed by atoms with E-state index in [9.17, 15) is 4.79 Å². The number of benzene rings is 1. The predicted molar refractivity (Wildman–Crippen MR) is 57.3 cm³/mol. The Morgan fingerprint density at radius 3 is 2.29 bits per heavy atom. The van der Waals surface area contributed by atoms with Crippen LogP contribution in [-0.2, 0) is 4.79 Å². The van der Waals surface area contributed by atoms with E-state index in [4.69, 9.17) is 4.74 Å². The highest BCUT2D eigenvalue weighted by Crippen LogP contribution is 2.29. The molecule has 0 heterocycles. The third-order valence-corrected chi connectivity index (χ3v) is 1.84. The van der Waals surface area contributed by atoms with Gasteiger partial charge in [0.25, 0.3) is 0 Å². The van der Waals surface area contributed by atoms with Gasteiger partial charge < -0.3 is 4.74 Å². The molecule has 0 aliphatic heterocycles. The minimum absolute atomic E-state index is 0.286.